The third kappa shape index (κ3) is 0.957. The molecule has 1 N–H and O–H groups in total. The normalized spacial score (nSPS) is 28.6. The van der Waals surface area contributed by atoms with Crippen LogP contribution in [0.1, 0.15) is 30.1 Å². The highest BCUT2D eigenvalue weighted by Crippen LogP contribution is 2.45. The van der Waals surface area contributed by atoms with Crippen molar-refractivity contribution in [3.05, 3.63) is 35.5 Å². The van der Waals surface area contributed by atoms with Gasteiger partial charge in [0.2, 0.25) is 0 Å². The third-order valence-corrected chi connectivity index (χ3v) is 4.44. The van der Waals surface area contributed by atoms with Crippen LogP contribution in [0.2, 0.25) is 0 Å². The Balaban J connectivity index is 2.03. The first-order valence-corrected chi connectivity index (χ1v) is 6.16. The van der Waals surface area contributed by atoms with E-state index < -0.39 is 0 Å². The molecule has 3 heterocycles. The van der Waals surface area contributed by atoms with Gasteiger partial charge in [-0.2, -0.15) is 0 Å². The van der Waals surface area contributed by atoms with Crippen LogP contribution in [0.15, 0.2) is 24.3 Å². The van der Waals surface area contributed by atoms with Crippen molar-refractivity contribution in [3.8, 4) is 0 Å². The lowest BCUT2D eigenvalue weighted by molar-refractivity contribution is 0.224. The second-order valence-electron chi connectivity index (χ2n) is 5.18. The number of fused-ring (bicyclic) bond motifs is 6. The zero-order valence-electron chi connectivity index (χ0n) is 9.53. The highest BCUT2D eigenvalue weighted by molar-refractivity contribution is 5.85. The van der Waals surface area contributed by atoms with Crippen molar-refractivity contribution in [2.24, 2.45) is 0 Å². The van der Waals surface area contributed by atoms with Gasteiger partial charge < -0.3 is 4.98 Å². The molecular weight excluding hydrogens is 196 g/mol. The van der Waals surface area contributed by atoms with Crippen LogP contribution < -0.4 is 0 Å². The topological polar surface area (TPSA) is 19.0 Å². The Kier molecular flexibility index (Phi) is 1.59. The molecule has 0 radical (unpaired) electrons. The van der Waals surface area contributed by atoms with Gasteiger partial charge in [-0.3, -0.25) is 4.90 Å². The van der Waals surface area contributed by atoms with Crippen molar-refractivity contribution in [1.82, 2.24) is 9.88 Å². The Morgan fingerprint density at radius 3 is 3.06 bits per heavy atom. The number of likely N-dealkylation sites (N-methyl/N-ethyl adjacent to an activating group) is 1. The second kappa shape index (κ2) is 2.89. The predicted molar refractivity (Wildman–Crippen MR) is 65.5 cm³/mol. The molecule has 16 heavy (non-hydrogen) atoms. The monoisotopic (exact) mass is 212 g/mol. The van der Waals surface area contributed by atoms with Gasteiger partial charge >= 0.3 is 0 Å². The van der Waals surface area contributed by atoms with E-state index >= 15 is 0 Å². The van der Waals surface area contributed by atoms with Gasteiger partial charge in [-0.05, 0) is 31.5 Å². The molecule has 2 aromatic rings. The van der Waals surface area contributed by atoms with Crippen LogP contribution in [-0.2, 0) is 6.42 Å². The lowest BCUT2D eigenvalue weighted by atomic mass is 9.98. The van der Waals surface area contributed by atoms with E-state index in [9.17, 15) is 0 Å². The molecule has 0 saturated carbocycles. The standard InChI is InChI=1S/C14H16N2/c1-16-9-6-7-13(16)14-10-4-2-3-5-11(10)15-12(14)8-9/h2-5,9,13,15H,6-8H2,1H3/t9-,13+/m0/s1. The summed E-state index contributed by atoms with van der Waals surface area (Å²) in [6.45, 7) is 0. The van der Waals surface area contributed by atoms with Gasteiger partial charge in [-0.25, -0.2) is 0 Å². The number of H-pyrrole nitrogens is 1. The Labute approximate surface area is 95.3 Å². The second-order valence-corrected chi connectivity index (χ2v) is 5.18. The Bertz CT molecular complexity index is 555. The van der Waals surface area contributed by atoms with Gasteiger partial charge in [0.05, 0.1) is 0 Å². The molecule has 2 atom stereocenters. The zero-order chi connectivity index (χ0) is 10.7. The zero-order valence-corrected chi connectivity index (χ0v) is 9.53. The molecular formula is C14H16N2. The molecule has 2 bridgehead atoms. The van der Waals surface area contributed by atoms with Crippen LogP contribution in [0.5, 0.6) is 0 Å². The number of nitrogens with zero attached hydrogens (tertiary/aromatic N) is 1. The number of hydrogen-bond acceptors (Lipinski definition) is 1. The summed E-state index contributed by atoms with van der Waals surface area (Å²) in [4.78, 5) is 6.18. The number of hydrogen-bond donors (Lipinski definition) is 1. The summed E-state index contributed by atoms with van der Waals surface area (Å²) < 4.78 is 0. The van der Waals surface area contributed by atoms with Gasteiger partial charge in [0, 0.05) is 35.1 Å². The quantitative estimate of drug-likeness (QED) is 0.711. The van der Waals surface area contributed by atoms with Gasteiger partial charge in [-0.1, -0.05) is 18.2 Å². The van der Waals surface area contributed by atoms with Crippen molar-refractivity contribution < 1.29 is 0 Å². The molecule has 82 valence electrons. The summed E-state index contributed by atoms with van der Waals surface area (Å²) in [5.41, 5.74) is 4.38. The molecule has 2 heteroatoms. The maximum absolute atomic E-state index is 3.61. The van der Waals surface area contributed by atoms with E-state index in [2.05, 4.69) is 41.2 Å². The van der Waals surface area contributed by atoms with Gasteiger partial charge in [0.15, 0.2) is 0 Å². The van der Waals surface area contributed by atoms with Crippen LogP contribution >= 0.6 is 0 Å². The van der Waals surface area contributed by atoms with Crippen molar-refractivity contribution in [2.45, 2.75) is 31.3 Å². The van der Waals surface area contributed by atoms with E-state index in [4.69, 9.17) is 0 Å². The SMILES string of the molecule is CN1[C@H]2CC[C@@H]1c1c([nH]c3ccccc13)C2. The van der Waals surface area contributed by atoms with Crippen LogP contribution in [-0.4, -0.2) is 23.0 Å². The van der Waals surface area contributed by atoms with Crippen LogP contribution in [0.4, 0.5) is 0 Å². The fourth-order valence-electron chi connectivity index (χ4n) is 3.60. The number of para-hydroxylation sites is 1. The van der Waals surface area contributed by atoms with Crippen molar-refractivity contribution >= 4 is 10.9 Å². The number of rotatable bonds is 0. The van der Waals surface area contributed by atoms with E-state index in [0.717, 1.165) is 6.04 Å². The van der Waals surface area contributed by atoms with Crippen molar-refractivity contribution in [1.29, 1.82) is 0 Å². The number of aromatic amines is 1. The average Bonchev–Trinajstić information content (AvgIpc) is 2.76. The molecule has 2 aliphatic rings. The Morgan fingerprint density at radius 1 is 1.25 bits per heavy atom. The first kappa shape index (κ1) is 8.82. The molecule has 1 aromatic heterocycles. The third-order valence-electron chi connectivity index (χ3n) is 4.44. The maximum Gasteiger partial charge on any atom is 0.0459 e. The summed E-state index contributed by atoms with van der Waals surface area (Å²) in [6, 6.07) is 10.2. The van der Waals surface area contributed by atoms with Crippen LogP contribution in [0.3, 0.4) is 0 Å². The van der Waals surface area contributed by atoms with Crippen molar-refractivity contribution in [2.75, 3.05) is 7.05 Å². The van der Waals surface area contributed by atoms with Crippen molar-refractivity contribution in [3.63, 3.8) is 0 Å². The molecule has 1 fully saturated rings. The fraction of sp³-hybridized carbons (Fsp3) is 0.429. The molecule has 0 unspecified atom stereocenters. The maximum atomic E-state index is 3.61. The fourth-order valence-corrected chi connectivity index (χ4v) is 3.60. The minimum atomic E-state index is 0.657. The van der Waals surface area contributed by atoms with Crippen LogP contribution in [0.25, 0.3) is 10.9 Å². The molecule has 1 saturated heterocycles. The summed E-state index contributed by atoms with van der Waals surface area (Å²) in [5.74, 6) is 0. The van der Waals surface area contributed by atoms with E-state index in [1.165, 1.54) is 35.9 Å². The first-order valence-electron chi connectivity index (χ1n) is 6.16. The van der Waals surface area contributed by atoms with Gasteiger partial charge in [0.1, 0.15) is 0 Å². The highest BCUT2D eigenvalue weighted by Gasteiger charge is 2.39. The van der Waals surface area contributed by atoms with Gasteiger partial charge in [-0.15, -0.1) is 0 Å². The van der Waals surface area contributed by atoms with Gasteiger partial charge in [0.25, 0.3) is 0 Å². The first-order chi connectivity index (χ1) is 7.84. The summed E-state index contributed by atoms with van der Waals surface area (Å²) in [5, 5.41) is 1.44. The average molecular weight is 212 g/mol. The lowest BCUT2D eigenvalue weighted by Gasteiger charge is -2.31. The largest absolute Gasteiger partial charge is 0.358 e. The van der Waals surface area contributed by atoms with E-state index in [1.54, 1.807) is 5.56 Å². The molecule has 1 aromatic carbocycles. The highest BCUT2D eigenvalue weighted by atomic mass is 15.2. The summed E-state index contributed by atoms with van der Waals surface area (Å²) >= 11 is 0. The molecule has 2 nitrogen and oxygen atoms in total. The number of nitrogens with one attached hydrogen (secondary N) is 1. The molecule has 2 aliphatic heterocycles. The molecule has 0 amide bonds. The summed E-state index contributed by atoms with van der Waals surface area (Å²) in [7, 11) is 2.28. The Morgan fingerprint density at radius 2 is 2.12 bits per heavy atom. The lowest BCUT2D eigenvalue weighted by Crippen LogP contribution is -2.33. The predicted octanol–water partition coefficient (Wildman–Crippen LogP) is 2.86. The minimum absolute atomic E-state index is 0.657. The summed E-state index contributed by atoms with van der Waals surface area (Å²) in [6.07, 6.45) is 3.89. The molecule has 4 rings (SSSR count). The number of aromatic nitrogens is 1. The smallest absolute Gasteiger partial charge is 0.0459 e. The van der Waals surface area contributed by atoms with Crippen LogP contribution in [0, 0.1) is 0 Å². The molecule has 0 aliphatic carbocycles. The number of benzene rings is 1. The van der Waals surface area contributed by atoms with E-state index in [-0.39, 0.29) is 0 Å². The van der Waals surface area contributed by atoms with E-state index in [0.29, 0.717) is 6.04 Å². The Hall–Kier alpha value is -1.28. The minimum Gasteiger partial charge on any atom is -0.358 e. The van der Waals surface area contributed by atoms with E-state index in [1.807, 2.05) is 0 Å². The molecule has 0 spiro atoms.